The molecule has 166 valence electrons. The number of nitrogens with zero attached hydrogens (tertiary/aromatic N) is 1. The van der Waals surface area contributed by atoms with Gasteiger partial charge in [0.2, 0.25) is 5.91 Å². The molecule has 4 nitrogen and oxygen atoms in total. The van der Waals surface area contributed by atoms with Crippen LogP contribution in [0.2, 0.25) is 0 Å². The first-order valence-corrected chi connectivity index (χ1v) is 11.7. The third-order valence-electron chi connectivity index (χ3n) is 6.73. The maximum absolute atomic E-state index is 14.6. The van der Waals surface area contributed by atoms with Crippen LogP contribution in [-0.2, 0) is 10.2 Å². The molecule has 0 aromatic heterocycles. The van der Waals surface area contributed by atoms with E-state index in [1.807, 2.05) is 30.3 Å². The molecule has 2 aromatic rings. The number of rotatable bonds is 8. The highest BCUT2D eigenvalue weighted by molar-refractivity contribution is 5.99. The molecule has 1 saturated heterocycles. The fourth-order valence-corrected chi connectivity index (χ4v) is 4.99. The van der Waals surface area contributed by atoms with Gasteiger partial charge in [-0.2, -0.15) is 0 Å². The van der Waals surface area contributed by atoms with Crippen molar-refractivity contribution >= 4 is 11.6 Å². The summed E-state index contributed by atoms with van der Waals surface area (Å²) in [4.78, 5) is 15.8. The van der Waals surface area contributed by atoms with E-state index in [1.54, 1.807) is 12.1 Å². The monoisotopic (exact) mass is 424 g/mol. The van der Waals surface area contributed by atoms with Gasteiger partial charge < -0.3 is 15.0 Å². The van der Waals surface area contributed by atoms with Crippen molar-refractivity contribution in [2.24, 2.45) is 0 Å². The van der Waals surface area contributed by atoms with Crippen molar-refractivity contribution in [3.63, 3.8) is 0 Å². The Labute approximate surface area is 184 Å². The largest absolute Gasteiger partial charge is 0.494 e. The number of carbonyl (C=O) groups excluding carboxylic acids is 1. The van der Waals surface area contributed by atoms with Crippen molar-refractivity contribution in [2.45, 2.75) is 56.8 Å². The molecular formula is C26H33FN2O2. The van der Waals surface area contributed by atoms with Gasteiger partial charge in [-0.15, -0.1) is 0 Å². The minimum Gasteiger partial charge on any atom is -0.494 e. The fraction of sp³-hybridized carbons (Fsp3) is 0.500. The summed E-state index contributed by atoms with van der Waals surface area (Å²) in [6, 6.07) is 14.2. The number of benzene rings is 2. The topological polar surface area (TPSA) is 41.6 Å². The van der Waals surface area contributed by atoms with E-state index in [-0.39, 0.29) is 11.7 Å². The van der Waals surface area contributed by atoms with Crippen molar-refractivity contribution in [3.8, 4) is 5.75 Å². The Kier molecular flexibility index (Phi) is 7.23. The predicted octanol–water partition coefficient (Wildman–Crippen LogP) is 5.53. The minimum absolute atomic E-state index is 0.114. The molecule has 1 amide bonds. The van der Waals surface area contributed by atoms with Crippen molar-refractivity contribution in [3.05, 3.63) is 59.9 Å². The minimum atomic E-state index is -0.797. The van der Waals surface area contributed by atoms with E-state index in [0.717, 1.165) is 43.7 Å². The van der Waals surface area contributed by atoms with Crippen molar-refractivity contribution < 1.29 is 13.9 Å². The first-order valence-electron chi connectivity index (χ1n) is 11.7. The lowest BCUT2D eigenvalue weighted by Gasteiger charge is -2.36. The molecule has 1 heterocycles. The van der Waals surface area contributed by atoms with Gasteiger partial charge in [0.15, 0.2) is 0 Å². The number of carbonyl (C=O) groups is 1. The van der Waals surface area contributed by atoms with E-state index in [1.165, 1.54) is 32.0 Å². The fourth-order valence-electron chi connectivity index (χ4n) is 4.99. The molecule has 1 N–H and O–H groups in total. The molecule has 1 aliphatic carbocycles. The molecule has 1 saturated carbocycles. The summed E-state index contributed by atoms with van der Waals surface area (Å²) in [6.45, 7) is 4.20. The average molecular weight is 425 g/mol. The molecule has 2 aromatic carbocycles. The second-order valence-corrected chi connectivity index (χ2v) is 8.85. The third-order valence-corrected chi connectivity index (χ3v) is 6.73. The van der Waals surface area contributed by atoms with Crippen LogP contribution >= 0.6 is 0 Å². The molecule has 1 aliphatic heterocycles. The van der Waals surface area contributed by atoms with Crippen LogP contribution in [0.3, 0.4) is 0 Å². The van der Waals surface area contributed by atoms with Gasteiger partial charge in [0.25, 0.3) is 0 Å². The molecule has 0 bridgehead atoms. The van der Waals surface area contributed by atoms with Crippen LogP contribution in [0.1, 0.15) is 56.9 Å². The van der Waals surface area contributed by atoms with E-state index >= 15 is 0 Å². The average Bonchev–Trinajstić information content (AvgIpc) is 3.32. The van der Waals surface area contributed by atoms with Crippen LogP contribution in [0.15, 0.2) is 48.5 Å². The smallest absolute Gasteiger partial charge is 0.235 e. The molecule has 31 heavy (non-hydrogen) atoms. The van der Waals surface area contributed by atoms with E-state index < -0.39 is 5.41 Å². The van der Waals surface area contributed by atoms with Crippen LogP contribution in [-0.4, -0.2) is 37.0 Å². The second-order valence-electron chi connectivity index (χ2n) is 8.85. The molecule has 5 heteroatoms. The quantitative estimate of drug-likeness (QED) is 0.567. The maximum Gasteiger partial charge on any atom is 0.235 e. The van der Waals surface area contributed by atoms with Gasteiger partial charge in [0.1, 0.15) is 11.6 Å². The maximum atomic E-state index is 14.6. The summed E-state index contributed by atoms with van der Waals surface area (Å²) in [5.41, 5.74) is 0.440. The summed E-state index contributed by atoms with van der Waals surface area (Å²) in [5, 5.41) is 3.04. The number of ether oxygens (including phenoxy) is 1. The number of nitrogens with one attached hydrogen (secondary N) is 1. The Bertz CT molecular complexity index is 856. The first kappa shape index (κ1) is 21.8. The molecule has 4 rings (SSSR count). The third kappa shape index (κ3) is 5.27. The van der Waals surface area contributed by atoms with Crippen LogP contribution in [0.25, 0.3) is 0 Å². The highest BCUT2D eigenvalue weighted by Crippen LogP contribution is 2.41. The number of amides is 1. The lowest BCUT2D eigenvalue weighted by Crippen LogP contribution is -2.42. The summed E-state index contributed by atoms with van der Waals surface area (Å²) in [6.07, 6.45) is 7.96. The standard InChI is InChI=1S/C26H33FN2O2/c27-24-10-3-2-9-23(24)26(15-4-1-5-16-26)25(30)28-21-11-13-22(14-12-21)31-20-8-19-29-17-6-7-18-29/h2-3,9-14H,1,4-8,15-20H2,(H,28,30). The van der Waals surface area contributed by atoms with Gasteiger partial charge in [-0.3, -0.25) is 4.79 Å². The second kappa shape index (κ2) is 10.3. The van der Waals surface area contributed by atoms with Gasteiger partial charge in [0, 0.05) is 17.8 Å². The van der Waals surface area contributed by atoms with Crippen LogP contribution < -0.4 is 10.1 Å². The predicted molar refractivity (Wildman–Crippen MR) is 122 cm³/mol. The summed E-state index contributed by atoms with van der Waals surface area (Å²) >= 11 is 0. The lowest BCUT2D eigenvalue weighted by molar-refractivity contribution is -0.122. The number of halogens is 1. The van der Waals surface area contributed by atoms with Crippen molar-refractivity contribution in [1.29, 1.82) is 0 Å². The zero-order valence-electron chi connectivity index (χ0n) is 18.2. The number of hydrogen-bond acceptors (Lipinski definition) is 3. The normalized spacial score (nSPS) is 18.6. The Morgan fingerprint density at radius 3 is 2.39 bits per heavy atom. The van der Waals surface area contributed by atoms with Gasteiger partial charge >= 0.3 is 0 Å². The van der Waals surface area contributed by atoms with Crippen LogP contribution in [0.5, 0.6) is 5.75 Å². The Morgan fingerprint density at radius 2 is 1.68 bits per heavy atom. The Hall–Kier alpha value is -2.40. The van der Waals surface area contributed by atoms with Crippen molar-refractivity contribution in [1.82, 2.24) is 4.90 Å². The van der Waals surface area contributed by atoms with Gasteiger partial charge in [-0.25, -0.2) is 4.39 Å². The lowest BCUT2D eigenvalue weighted by atomic mass is 9.68. The molecule has 2 fully saturated rings. The molecule has 0 unspecified atom stereocenters. The van der Waals surface area contributed by atoms with E-state index in [9.17, 15) is 9.18 Å². The molecule has 0 atom stereocenters. The summed E-state index contributed by atoms with van der Waals surface area (Å²) < 4.78 is 20.5. The van der Waals surface area contributed by atoms with E-state index in [0.29, 0.717) is 25.0 Å². The Balaban J connectivity index is 1.36. The van der Waals surface area contributed by atoms with Crippen LogP contribution in [0, 0.1) is 5.82 Å². The van der Waals surface area contributed by atoms with Gasteiger partial charge in [0.05, 0.1) is 12.0 Å². The number of hydrogen-bond donors (Lipinski definition) is 1. The van der Waals surface area contributed by atoms with Gasteiger partial charge in [-0.1, -0.05) is 37.5 Å². The Morgan fingerprint density at radius 1 is 0.968 bits per heavy atom. The first-order chi connectivity index (χ1) is 15.2. The zero-order valence-corrected chi connectivity index (χ0v) is 18.2. The van der Waals surface area contributed by atoms with Crippen LogP contribution in [0.4, 0.5) is 10.1 Å². The number of anilines is 1. The highest BCUT2D eigenvalue weighted by atomic mass is 19.1. The highest BCUT2D eigenvalue weighted by Gasteiger charge is 2.42. The zero-order chi connectivity index (χ0) is 21.5. The molecular weight excluding hydrogens is 391 g/mol. The summed E-state index contributed by atoms with van der Waals surface area (Å²) in [7, 11) is 0. The summed E-state index contributed by atoms with van der Waals surface area (Å²) in [5.74, 6) is 0.398. The van der Waals surface area contributed by atoms with E-state index in [2.05, 4.69) is 10.2 Å². The number of likely N-dealkylation sites (tertiary alicyclic amines) is 1. The molecule has 0 radical (unpaired) electrons. The van der Waals surface area contributed by atoms with Gasteiger partial charge in [-0.05, 0) is 75.5 Å². The SMILES string of the molecule is O=C(Nc1ccc(OCCCN2CCCC2)cc1)C1(c2ccccc2F)CCCCC1. The molecule has 0 spiro atoms. The molecule has 2 aliphatic rings. The van der Waals surface area contributed by atoms with Crippen molar-refractivity contribution in [2.75, 3.05) is 31.6 Å². The van der Waals surface area contributed by atoms with E-state index in [4.69, 9.17) is 4.74 Å².